The minimum Gasteiger partial charge on any atom is -0.333 e. The normalized spacial score (nSPS) is 15.3. The van der Waals surface area contributed by atoms with E-state index in [4.69, 9.17) is 0 Å². The summed E-state index contributed by atoms with van der Waals surface area (Å²) in [5.74, 6) is -0.739. The molecule has 0 spiro atoms. The number of nitrogens with zero attached hydrogens (tertiary/aromatic N) is 1. The van der Waals surface area contributed by atoms with Gasteiger partial charge in [-0.2, -0.15) is 0 Å². The molecule has 1 fully saturated rings. The van der Waals surface area contributed by atoms with Crippen LogP contribution in [0.4, 0.5) is 0 Å². The molecule has 0 aliphatic carbocycles. The Kier molecular flexibility index (Phi) is 4.23. The van der Waals surface area contributed by atoms with E-state index in [9.17, 15) is 9.59 Å². The summed E-state index contributed by atoms with van der Waals surface area (Å²) in [6.07, 6.45) is 0. The van der Waals surface area contributed by atoms with E-state index in [1.807, 2.05) is 27.7 Å². The lowest BCUT2D eigenvalue weighted by Gasteiger charge is -2.27. The highest BCUT2D eigenvalue weighted by atomic mass is 16.2. The van der Waals surface area contributed by atoms with Crippen molar-refractivity contribution in [1.82, 2.24) is 10.2 Å². The first-order chi connectivity index (χ1) is 9.43. The van der Waals surface area contributed by atoms with E-state index in [1.165, 1.54) is 0 Å². The topological polar surface area (TPSA) is 49.4 Å². The van der Waals surface area contributed by atoms with Gasteiger partial charge in [0.25, 0.3) is 11.7 Å². The number of rotatable bonds is 2. The lowest BCUT2D eigenvalue weighted by molar-refractivity contribution is -0.127. The van der Waals surface area contributed by atoms with Gasteiger partial charge in [-0.1, -0.05) is 6.07 Å². The number of nitrogens with one attached hydrogen (secondary N) is 1. The summed E-state index contributed by atoms with van der Waals surface area (Å²) in [6.45, 7) is 10.5. The molecule has 108 valence electrons. The van der Waals surface area contributed by atoms with Crippen molar-refractivity contribution in [3.05, 3.63) is 33.9 Å². The van der Waals surface area contributed by atoms with Gasteiger partial charge in [-0.3, -0.25) is 9.59 Å². The molecule has 20 heavy (non-hydrogen) atoms. The number of benzene rings is 1. The van der Waals surface area contributed by atoms with Gasteiger partial charge in [-0.05, 0) is 49.9 Å². The second-order valence-electron chi connectivity index (χ2n) is 5.51. The van der Waals surface area contributed by atoms with Gasteiger partial charge >= 0.3 is 0 Å². The van der Waals surface area contributed by atoms with Crippen molar-refractivity contribution in [2.75, 3.05) is 26.2 Å². The Hall–Kier alpha value is -1.68. The highest BCUT2D eigenvalue weighted by Gasteiger charge is 2.27. The van der Waals surface area contributed by atoms with Gasteiger partial charge in [0, 0.05) is 31.7 Å². The molecule has 1 amide bonds. The molecular weight excluding hydrogens is 252 g/mol. The monoisotopic (exact) mass is 274 g/mol. The summed E-state index contributed by atoms with van der Waals surface area (Å²) in [6, 6.07) is 2.07. The Balaban J connectivity index is 2.36. The number of hydrogen-bond acceptors (Lipinski definition) is 3. The molecule has 1 aliphatic heterocycles. The number of ketones is 1. The predicted molar refractivity (Wildman–Crippen MR) is 79.2 cm³/mol. The molecule has 1 aliphatic rings. The van der Waals surface area contributed by atoms with E-state index in [0.717, 1.165) is 35.3 Å². The van der Waals surface area contributed by atoms with Crippen LogP contribution in [0.2, 0.25) is 0 Å². The molecule has 4 heteroatoms. The molecule has 1 N–H and O–H groups in total. The number of Topliss-reactive ketones (excluding diaryl/α,β-unsaturated/α-hetero) is 1. The molecular formula is C16H22N2O2. The van der Waals surface area contributed by atoms with E-state index in [2.05, 4.69) is 11.4 Å². The molecule has 0 atom stereocenters. The fourth-order valence-corrected chi connectivity index (χ4v) is 2.68. The second-order valence-corrected chi connectivity index (χ2v) is 5.51. The van der Waals surface area contributed by atoms with Gasteiger partial charge in [0.05, 0.1) is 0 Å². The van der Waals surface area contributed by atoms with Crippen molar-refractivity contribution in [1.29, 1.82) is 0 Å². The fourth-order valence-electron chi connectivity index (χ4n) is 2.68. The maximum absolute atomic E-state index is 12.6. The molecule has 0 bridgehead atoms. The van der Waals surface area contributed by atoms with Gasteiger partial charge in [0.1, 0.15) is 0 Å². The van der Waals surface area contributed by atoms with Crippen molar-refractivity contribution < 1.29 is 9.59 Å². The lowest BCUT2D eigenvalue weighted by Crippen LogP contribution is -2.48. The summed E-state index contributed by atoms with van der Waals surface area (Å²) in [4.78, 5) is 26.6. The lowest BCUT2D eigenvalue weighted by atomic mass is 9.91. The number of piperazine rings is 1. The Morgan fingerprint density at radius 3 is 2.00 bits per heavy atom. The summed E-state index contributed by atoms with van der Waals surface area (Å²) >= 11 is 0. The maximum atomic E-state index is 12.6. The van der Waals surface area contributed by atoms with Crippen molar-refractivity contribution in [2.24, 2.45) is 0 Å². The van der Waals surface area contributed by atoms with Crippen LogP contribution in [0, 0.1) is 27.7 Å². The number of carbonyl (C=O) groups excluding carboxylic acids is 2. The molecule has 0 unspecified atom stereocenters. The van der Waals surface area contributed by atoms with Crippen LogP contribution in [0.1, 0.15) is 32.6 Å². The Morgan fingerprint density at radius 1 is 1.00 bits per heavy atom. The van der Waals surface area contributed by atoms with Crippen LogP contribution in [0.25, 0.3) is 0 Å². The summed E-state index contributed by atoms with van der Waals surface area (Å²) in [5, 5.41) is 3.18. The van der Waals surface area contributed by atoms with Crippen LogP contribution in [0.3, 0.4) is 0 Å². The third kappa shape index (κ3) is 2.61. The number of aryl methyl sites for hydroxylation is 2. The van der Waals surface area contributed by atoms with Crippen LogP contribution in [0.15, 0.2) is 6.07 Å². The van der Waals surface area contributed by atoms with Gasteiger partial charge in [-0.25, -0.2) is 0 Å². The zero-order valence-corrected chi connectivity index (χ0v) is 12.7. The van der Waals surface area contributed by atoms with Crippen LogP contribution in [0.5, 0.6) is 0 Å². The highest BCUT2D eigenvalue weighted by molar-refractivity contribution is 6.43. The minimum absolute atomic E-state index is 0.367. The van der Waals surface area contributed by atoms with Crippen LogP contribution in [-0.4, -0.2) is 42.8 Å². The maximum Gasteiger partial charge on any atom is 0.295 e. The number of carbonyl (C=O) groups is 2. The van der Waals surface area contributed by atoms with Crippen molar-refractivity contribution >= 4 is 11.7 Å². The molecule has 4 nitrogen and oxygen atoms in total. The van der Waals surface area contributed by atoms with Crippen LogP contribution < -0.4 is 5.32 Å². The van der Waals surface area contributed by atoms with E-state index in [1.54, 1.807) is 4.90 Å². The molecule has 1 saturated heterocycles. The first kappa shape index (κ1) is 14.7. The summed E-state index contributed by atoms with van der Waals surface area (Å²) in [7, 11) is 0. The first-order valence-electron chi connectivity index (χ1n) is 7.05. The van der Waals surface area contributed by atoms with Gasteiger partial charge in [-0.15, -0.1) is 0 Å². The quantitative estimate of drug-likeness (QED) is 0.657. The predicted octanol–water partition coefficient (Wildman–Crippen LogP) is 1.53. The van der Waals surface area contributed by atoms with E-state index in [0.29, 0.717) is 18.7 Å². The van der Waals surface area contributed by atoms with Crippen LogP contribution in [-0.2, 0) is 4.79 Å². The Morgan fingerprint density at radius 2 is 1.50 bits per heavy atom. The van der Waals surface area contributed by atoms with E-state index < -0.39 is 0 Å². The standard InChI is InChI=1S/C16H22N2O2/c1-10-9-11(2)13(4)14(12(10)3)15(19)16(20)18-7-5-17-6-8-18/h9,17H,5-8H2,1-4H3. The van der Waals surface area contributed by atoms with E-state index >= 15 is 0 Å². The highest BCUT2D eigenvalue weighted by Crippen LogP contribution is 2.22. The smallest absolute Gasteiger partial charge is 0.295 e. The van der Waals surface area contributed by atoms with Gasteiger partial charge in [0.15, 0.2) is 0 Å². The third-order valence-electron chi connectivity index (χ3n) is 4.19. The molecule has 2 rings (SSSR count). The minimum atomic E-state index is -0.372. The number of amides is 1. The fraction of sp³-hybridized carbons (Fsp3) is 0.500. The average Bonchev–Trinajstić information content (AvgIpc) is 2.45. The molecule has 1 heterocycles. The number of hydrogen-bond donors (Lipinski definition) is 1. The molecule has 0 radical (unpaired) electrons. The van der Waals surface area contributed by atoms with Gasteiger partial charge in [0.2, 0.25) is 0 Å². The average molecular weight is 274 g/mol. The molecule has 1 aromatic carbocycles. The van der Waals surface area contributed by atoms with Gasteiger partial charge < -0.3 is 10.2 Å². The summed E-state index contributed by atoms with van der Waals surface area (Å²) < 4.78 is 0. The zero-order valence-electron chi connectivity index (χ0n) is 12.7. The van der Waals surface area contributed by atoms with Crippen molar-refractivity contribution in [3.63, 3.8) is 0 Å². The molecule has 0 saturated carbocycles. The molecule has 1 aromatic rings. The first-order valence-corrected chi connectivity index (χ1v) is 7.05. The van der Waals surface area contributed by atoms with Crippen molar-refractivity contribution in [3.8, 4) is 0 Å². The van der Waals surface area contributed by atoms with Crippen molar-refractivity contribution in [2.45, 2.75) is 27.7 Å². The Bertz CT molecular complexity index is 532. The molecule has 0 aromatic heterocycles. The second kappa shape index (κ2) is 5.75. The SMILES string of the molecule is Cc1cc(C)c(C)c(C(=O)C(=O)N2CCNCC2)c1C. The third-order valence-corrected chi connectivity index (χ3v) is 4.19. The zero-order chi connectivity index (χ0) is 14.9. The largest absolute Gasteiger partial charge is 0.333 e. The van der Waals surface area contributed by atoms with Crippen LogP contribution >= 0.6 is 0 Å². The van der Waals surface area contributed by atoms with E-state index in [-0.39, 0.29) is 11.7 Å². The summed E-state index contributed by atoms with van der Waals surface area (Å²) in [5.41, 5.74) is 4.54. The Labute approximate surface area is 120 Å².